The van der Waals surface area contributed by atoms with Crippen LogP contribution in [0.1, 0.15) is 50.7 Å². The SMILES string of the molecule is CC1NCCC1c1nc(C2(C)CCCO2)no1. The second kappa shape index (κ2) is 4.07. The molecule has 2 saturated heterocycles. The number of nitrogens with one attached hydrogen (secondary N) is 1. The fourth-order valence-corrected chi connectivity index (χ4v) is 2.75. The number of ether oxygens (including phenoxy) is 1. The van der Waals surface area contributed by atoms with E-state index in [-0.39, 0.29) is 5.60 Å². The van der Waals surface area contributed by atoms with Crippen LogP contribution in [0.25, 0.3) is 0 Å². The average Bonchev–Trinajstić information content (AvgIpc) is 2.97. The molecule has 0 aliphatic carbocycles. The minimum absolute atomic E-state index is 0.336. The van der Waals surface area contributed by atoms with Crippen LogP contribution in [0.5, 0.6) is 0 Å². The Balaban J connectivity index is 1.82. The van der Waals surface area contributed by atoms with Gasteiger partial charge >= 0.3 is 0 Å². The lowest BCUT2D eigenvalue weighted by atomic mass is 10.0. The molecule has 2 aliphatic rings. The summed E-state index contributed by atoms with van der Waals surface area (Å²) in [4.78, 5) is 4.55. The molecule has 17 heavy (non-hydrogen) atoms. The molecule has 5 nitrogen and oxygen atoms in total. The molecule has 5 heteroatoms. The monoisotopic (exact) mass is 237 g/mol. The molecule has 3 heterocycles. The molecule has 2 fully saturated rings. The van der Waals surface area contributed by atoms with E-state index in [4.69, 9.17) is 9.26 Å². The highest BCUT2D eigenvalue weighted by molar-refractivity contribution is 5.07. The lowest BCUT2D eigenvalue weighted by Gasteiger charge is -2.17. The van der Waals surface area contributed by atoms with Gasteiger partial charge in [-0.2, -0.15) is 4.98 Å². The van der Waals surface area contributed by atoms with Crippen molar-refractivity contribution in [2.24, 2.45) is 0 Å². The van der Waals surface area contributed by atoms with Gasteiger partial charge in [0.15, 0.2) is 0 Å². The van der Waals surface area contributed by atoms with E-state index >= 15 is 0 Å². The van der Waals surface area contributed by atoms with Gasteiger partial charge in [-0.25, -0.2) is 0 Å². The molecule has 3 rings (SSSR count). The van der Waals surface area contributed by atoms with Gasteiger partial charge in [0.05, 0.1) is 5.92 Å². The van der Waals surface area contributed by atoms with E-state index in [0.717, 1.165) is 38.3 Å². The molecular weight excluding hydrogens is 218 g/mol. The van der Waals surface area contributed by atoms with E-state index < -0.39 is 0 Å². The number of hydrogen-bond acceptors (Lipinski definition) is 5. The van der Waals surface area contributed by atoms with Crippen molar-refractivity contribution in [1.82, 2.24) is 15.5 Å². The van der Waals surface area contributed by atoms with Crippen molar-refractivity contribution < 1.29 is 9.26 Å². The van der Waals surface area contributed by atoms with Crippen molar-refractivity contribution in [3.8, 4) is 0 Å². The van der Waals surface area contributed by atoms with Crippen molar-refractivity contribution >= 4 is 0 Å². The van der Waals surface area contributed by atoms with E-state index in [2.05, 4.69) is 22.4 Å². The van der Waals surface area contributed by atoms with Crippen molar-refractivity contribution in [2.75, 3.05) is 13.2 Å². The Labute approximate surface area is 101 Å². The maximum Gasteiger partial charge on any atom is 0.231 e. The van der Waals surface area contributed by atoms with E-state index in [9.17, 15) is 0 Å². The summed E-state index contributed by atoms with van der Waals surface area (Å²) in [6, 6.07) is 0.417. The van der Waals surface area contributed by atoms with Crippen LogP contribution in [-0.2, 0) is 10.3 Å². The molecule has 0 spiro atoms. The third-order valence-corrected chi connectivity index (χ3v) is 3.98. The second-order valence-electron chi connectivity index (χ2n) is 5.28. The van der Waals surface area contributed by atoms with Crippen molar-refractivity contribution in [3.63, 3.8) is 0 Å². The van der Waals surface area contributed by atoms with Crippen LogP contribution in [-0.4, -0.2) is 29.3 Å². The van der Waals surface area contributed by atoms with Gasteiger partial charge in [0.25, 0.3) is 0 Å². The number of rotatable bonds is 2. The Bertz CT molecular complexity index is 398. The first-order chi connectivity index (χ1) is 8.19. The van der Waals surface area contributed by atoms with Gasteiger partial charge in [-0.3, -0.25) is 0 Å². The zero-order valence-corrected chi connectivity index (χ0v) is 10.4. The van der Waals surface area contributed by atoms with Gasteiger partial charge in [0, 0.05) is 12.6 Å². The first kappa shape index (κ1) is 11.2. The highest BCUT2D eigenvalue weighted by atomic mass is 16.5. The topological polar surface area (TPSA) is 60.2 Å². The minimum atomic E-state index is -0.336. The average molecular weight is 237 g/mol. The molecule has 0 bridgehead atoms. The predicted molar refractivity (Wildman–Crippen MR) is 61.7 cm³/mol. The van der Waals surface area contributed by atoms with Crippen molar-refractivity contribution in [2.45, 2.75) is 50.7 Å². The third kappa shape index (κ3) is 1.87. The van der Waals surface area contributed by atoms with Gasteiger partial charge in [-0.05, 0) is 39.7 Å². The Hall–Kier alpha value is -0.940. The summed E-state index contributed by atoms with van der Waals surface area (Å²) in [7, 11) is 0. The van der Waals surface area contributed by atoms with Crippen LogP contribution in [0, 0.1) is 0 Å². The third-order valence-electron chi connectivity index (χ3n) is 3.98. The van der Waals surface area contributed by atoms with Gasteiger partial charge in [0.1, 0.15) is 5.60 Å². The molecule has 1 N–H and O–H groups in total. The summed E-state index contributed by atoms with van der Waals surface area (Å²) in [6.07, 6.45) is 3.12. The van der Waals surface area contributed by atoms with Crippen LogP contribution in [0.2, 0.25) is 0 Å². The Morgan fingerprint density at radius 1 is 1.47 bits per heavy atom. The molecule has 0 saturated carbocycles. The molecular formula is C12H19N3O2. The normalized spacial score (nSPS) is 37.8. The second-order valence-corrected chi connectivity index (χ2v) is 5.28. The maximum atomic E-state index is 5.73. The molecule has 0 radical (unpaired) electrons. The summed E-state index contributed by atoms with van der Waals surface area (Å²) in [5.41, 5.74) is -0.336. The van der Waals surface area contributed by atoms with Gasteiger partial charge in [0.2, 0.25) is 11.7 Å². The number of nitrogens with zero attached hydrogens (tertiary/aromatic N) is 2. The molecule has 3 unspecified atom stereocenters. The van der Waals surface area contributed by atoms with Crippen LogP contribution in [0.15, 0.2) is 4.52 Å². The summed E-state index contributed by atoms with van der Waals surface area (Å²) in [5.74, 6) is 1.82. The van der Waals surface area contributed by atoms with Gasteiger partial charge < -0.3 is 14.6 Å². The van der Waals surface area contributed by atoms with E-state index in [1.165, 1.54) is 0 Å². The molecule has 94 valence electrons. The van der Waals surface area contributed by atoms with Gasteiger partial charge in [-0.15, -0.1) is 0 Å². The van der Waals surface area contributed by atoms with Crippen molar-refractivity contribution in [3.05, 3.63) is 11.7 Å². The Morgan fingerprint density at radius 2 is 2.35 bits per heavy atom. The molecule has 3 atom stereocenters. The first-order valence-corrected chi connectivity index (χ1v) is 6.40. The number of aromatic nitrogens is 2. The smallest absolute Gasteiger partial charge is 0.231 e. The fourth-order valence-electron chi connectivity index (χ4n) is 2.75. The lowest BCUT2D eigenvalue weighted by molar-refractivity contribution is 0.00768. The summed E-state index contributed by atoms with van der Waals surface area (Å²) >= 11 is 0. The minimum Gasteiger partial charge on any atom is -0.367 e. The highest BCUT2D eigenvalue weighted by Crippen LogP contribution is 2.35. The fraction of sp³-hybridized carbons (Fsp3) is 0.833. The Kier molecular flexibility index (Phi) is 2.67. The zero-order valence-electron chi connectivity index (χ0n) is 10.4. The lowest BCUT2D eigenvalue weighted by Crippen LogP contribution is -2.23. The molecule has 0 amide bonds. The van der Waals surface area contributed by atoms with Crippen LogP contribution < -0.4 is 5.32 Å². The maximum absolute atomic E-state index is 5.73. The Morgan fingerprint density at radius 3 is 3.00 bits per heavy atom. The van der Waals surface area contributed by atoms with E-state index in [1.54, 1.807) is 0 Å². The van der Waals surface area contributed by atoms with Crippen LogP contribution >= 0.6 is 0 Å². The predicted octanol–water partition coefficient (Wildman–Crippen LogP) is 1.56. The van der Waals surface area contributed by atoms with Crippen LogP contribution in [0.3, 0.4) is 0 Å². The summed E-state index contributed by atoms with van der Waals surface area (Å²) < 4.78 is 11.1. The number of hydrogen-bond donors (Lipinski definition) is 1. The van der Waals surface area contributed by atoms with Crippen LogP contribution in [0.4, 0.5) is 0 Å². The van der Waals surface area contributed by atoms with E-state index in [0.29, 0.717) is 17.8 Å². The summed E-state index contributed by atoms with van der Waals surface area (Å²) in [5, 5.41) is 7.51. The molecule has 2 aliphatic heterocycles. The summed E-state index contributed by atoms with van der Waals surface area (Å²) in [6.45, 7) is 6.03. The van der Waals surface area contributed by atoms with Crippen molar-refractivity contribution in [1.29, 1.82) is 0 Å². The highest BCUT2D eigenvalue weighted by Gasteiger charge is 2.38. The first-order valence-electron chi connectivity index (χ1n) is 6.40. The quantitative estimate of drug-likeness (QED) is 0.845. The van der Waals surface area contributed by atoms with Gasteiger partial charge in [-0.1, -0.05) is 5.16 Å². The van der Waals surface area contributed by atoms with E-state index in [1.807, 2.05) is 6.92 Å². The molecule has 1 aromatic rings. The molecule has 0 aromatic carbocycles. The molecule has 1 aromatic heterocycles. The largest absolute Gasteiger partial charge is 0.367 e. The zero-order chi connectivity index (χ0) is 11.9. The standard InChI is InChI=1S/C12H19N3O2/c1-8-9(4-6-13-8)10-14-11(15-17-10)12(2)5-3-7-16-12/h8-9,13H,3-7H2,1-2H3.